The van der Waals surface area contributed by atoms with Crippen molar-refractivity contribution in [3.63, 3.8) is 0 Å². The predicted molar refractivity (Wildman–Crippen MR) is 121 cm³/mol. The van der Waals surface area contributed by atoms with E-state index < -0.39 is 5.41 Å². The van der Waals surface area contributed by atoms with Gasteiger partial charge in [0.2, 0.25) is 5.88 Å². The van der Waals surface area contributed by atoms with Crippen molar-refractivity contribution in [2.24, 2.45) is 5.41 Å². The summed E-state index contributed by atoms with van der Waals surface area (Å²) in [5.41, 5.74) is 3.68. The molecule has 0 radical (unpaired) electrons. The maximum absolute atomic E-state index is 12.3. The number of fused-ring (bicyclic) bond motifs is 1. The topological polar surface area (TPSA) is 84.0 Å². The maximum Gasteiger partial charge on any atom is 0.318 e. The van der Waals surface area contributed by atoms with Crippen molar-refractivity contribution in [3.05, 3.63) is 66.5 Å². The molecular formula is C24H25N5O2. The van der Waals surface area contributed by atoms with E-state index in [1.165, 1.54) is 5.56 Å². The molecule has 1 N–H and O–H groups in total. The lowest BCUT2D eigenvalue weighted by Crippen LogP contribution is -2.25. The van der Waals surface area contributed by atoms with Crippen LogP contribution in [-0.4, -0.2) is 33.2 Å². The number of ether oxygens (including phenoxy) is 1. The van der Waals surface area contributed by atoms with E-state index in [9.17, 15) is 4.79 Å². The summed E-state index contributed by atoms with van der Waals surface area (Å²) in [7, 11) is 2.00. The Kier molecular flexibility index (Phi) is 5.42. The molecule has 2 aromatic carbocycles. The molecule has 31 heavy (non-hydrogen) atoms. The van der Waals surface area contributed by atoms with Crippen LogP contribution in [0.3, 0.4) is 0 Å². The van der Waals surface area contributed by atoms with E-state index >= 15 is 0 Å². The fourth-order valence-corrected chi connectivity index (χ4v) is 3.09. The van der Waals surface area contributed by atoms with E-state index in [4.69, 9.17) is 9.72 Å². The SMILES string of the molecule is CN(Cc1ccccc1)c1cnc2cc(-c3c[nH]nc3OC(=O)C(C)(C)C)ccc2n1. The molecule has 0 spiro atoms. The Bertz CT molecular complexity index is 1210. The molecule has 7 heteroatoms. The number of H-pyrrole nitrogens is 1. The van der Waals surface area contributed by atoms with Gasteiger partial charge in [0.1, 0.15) is 5.82 Å². The Labute approximate surface area is 181 Å². The van der Waals surface area contributed by atoms with Crippen molar-refractivity contribution in [1.82, 2.24) is 20.2 Å². The van der Waals surface area contributed by atoms with Crippen molar-refractivity contribution in [2.75, 3.05) is 11.9 Å². The van der Waals surface area contributed by atoms with Crippen molar-refractivity contribution >= 4 is 22.8 Å². The fraction of sp³-hybridized carbons (Fsp3) is 0.250. The van der Waals surface area contributed by atoms with Gasteiger partial charge < -0.3 is 9.64 Å². The number of esters is 1. The first-order valence-corrected chi connectivity index (χ1v) is 10.1. The summed E-state index contributed by atoms with van der Waals surface area (Å²) in [4.78, 5) is 23.7. The molecule has 4 rings (SSSR count). The van der Waals surface area contributed by atoms with Gasteiger partial charge in [-0.1, -0.05) is 36.4 Å². The van der Waals surface area contributed by atoms with Gasteiger partial charge in [0.25, 0.3) is 0 Å². The molecule has 0 aliphatic rings. The number of carbonyl (C=O) groups is 1. The Balaban J connectivity index is 1.58. The molecule has 4 aromatic rings. The number of hydrogen-bond donors (Lipinski definition) is 1. The van der Waals surface area contributed by atoms with Crippen molar-refractivity contribution < 1.29 is 9.53 Å². The van der Waals surface area contributed by atoms with Crippen LogP contribution in [0.1, 0.15) is 26.3 Å². The number of aromatic amines is 1. The minimum absolute atomic E-state index is 0.256. The molecule has 0 aliphatic heterocycles. The van der Waals surface area contributed by atoms with Gasteiger partial charge in [-0.2, -0.15) is 0 Å². The van der Waals surface area contributed by atoms with E-state index in [0.717, 1.165) is 29.0 Å². The Morgan fingerprint density at radius 2 is 1.87 bits per heavy atom. The van der Waals surface area contributed by atoms with Crippen LogP contribution in [0.5, 0.6) is 5.88 Å². The van der Waals surface area contributed by atoms with Crippen LogP contribution in [-0.2, 0) is 11.3 Å². The Morgan fingerprint density at radius 3 is 2.61 bits per heavy atom. The number of nitrogens with zero attached hydrogens (tertiary/aromatic N) is 4. The molecule has 0 bridgehead atoms. The van der Waals surface area contributed by atoms with Crippen LogP contribution in [0.25, 0.3) is 22.2 Å². The van der Waals surface area contributed by atoms with E-state index in [1.807, 2.05) is 43.4 Å². The largest absolute Gasteiger partial charge is 0.405 e. The van der Waals surface area contributed by atoms with Gasteiger partial charge in [0, 0.05) is 19.8 Å². The number of anilines is 1. The molecule has 158 valence electrons. The van der Waals surface area contributed by atoms with Crippen LogP contribution in [0.2, 0.25) is 0 Å². The third kappa shape index (κ3) is 4.55. The second-order valence-electron chi connectivity index (χ2n) is 8.52. The smallest absolute Gasteiger partial charge is 0.318 e. The van der Waals surface area contributed by atoms with Gasteiger partial charge in [-0.3, -0.25) is 14.9 Å². The minimum Gasteiger partial charge on any atom is -0.405 e. The average Bonchev–Trinajstić information content (AvgIpc) is 3.21. The van der Waals surface area contributed by atoms with Gasteiger partial charge in [-0.15, -0.1) is 5.10 Å². The second kappa shape index (κ2) is 8.18. The Hall–Kier alpha value is -3.74. The fourth-order valence-electron chi connectivity index (χ4n) is 3.09. The van der Waals surface area contributed by atoms with Gasteiger partial charge in [0.15, 0.2) is 0 Å². The zero-order chi connectivity index (χ0) is 22.0. The Morgan fingerprint density at radius 1 is 1.10 bits per heavy atom. The lowest BCUT2D eigenvalue weighted by Gasteiger charge is -2.18. The highest BCUT2D eigenvalue weighted by molar-refractivity contribution is 5.85. The molecule has 0 atom stereocenters. The number of rotatable bonds is 5. The normalized spacial score (nSPS) is 11.5. The third-order valence-electron chi connectivity index (χ3n) is 4.90. The molecule has 2 heterocycles. The number of nitrogens with one attached hydrogen (secondary N) is 1. The van der Waals surface area contributed by atoms with Crippen LogP contribution in [0.15, 0.2) is 60.9 Å². The first-order valence-electron chi connectivity index (χ1n) is 10.1. The van der Waals surface area contributed by atoms with Gasteiger partial charge in [-0.25, -0.2) is 4.98 Å². The molecule has 0 fully saturated rings. The predicted octanol–water partition coefficient (Wildman–Crippen LogP) is 4.61. The van der Waals surface area contributed by atoms with Gasteiger partial charge in [0.05, 0.1) is 28.2 Å². The first kappa shape index (κ1) is 20.5. The zero-order valence-electron chi connectivity index (χ0n) is 18.1. The summed E-state index contributed by atoms with van der Waals surface area (Å²) in [6.45, 7) is 6.16. The maximum atomic E-state index is 12.3. The number of aromatic nitrogens is 4. The van der Waals surface area contributed by atoms with Crippen LogP contribution in [0.4, 0.5) is 5.82 Å². The highest BCUT2D eigenvalue weighted by Crippen LogP contribution is 2.31. The summed E-state index contributed by atoms with van der Waals surface area (Å²) < 4.78 is 5.50. The summed E-state index contributed by atoms with van der Waals surface area (Å²) >= 11 is 0. The quantitative estimate of drug-likeness (QED) is 0.479. The van der Waals surface area contributed by atoms with Crippen molar-refractivity contribution in [2.45, 2.75) is 27.3 Å². The average molecular weight is 415 g/mol. The lowest BCUT2D eigenvalue weighted by molar-refractivity contribution is -0.143. The molecule has 0 unspecified atom stereocenters. The summed E-state index contributed by atoms with van der Waals surface area (Å²) in [5.74, 6) is 0.714. The van der Waals surface area contributed by atoms with Crippen molar-refractivity contribution in [1.29, 1.82) is 0 Å². The lowest BCUT2D eigenvalue weighted by atomic mass is 9.97. The summed E-state index contributed by atoms with van der Waals surface area (Å²) in [5, 5.41) is 6.87. The molecule has 7 nitrogen and oxygen atoms in total. The molecule has 0 aliphatic carbocycles. The minimum atomic E-state index is -0.618. The van der Waals surface area contributed by atoms with Gasteiger partial charge >= 0.3 is 5.97 Å². The summed E-state index contributed by atoms with van der Waals surface area (Å²) in [6, 6.07) is 16.0. The molecule has 0 saturated heterocycles. The number of hydrogen-bond acceptors (Lipinski definition) is 6. The molecular weight excluding hydrogens is 390 g/mol. The highest BCUT2D eigenvalue weighted by atomic mass is 16.5. The van der Waals surface area contributed by atoms with E-state index in [2.05, 4.69) is 32.2 Å². The van der Waals surface area contributed by atoms with Crippen LogP contribution in [0, 0.1) is 5.41 Å². The molecule has 2 aromatic heterocycles. The highest BCUT2D eigenvalue weighted by Gasteiger charge is 2.26. The monoisotopic (exact) mass is 415 g/mol. The third-order valence-corrected chi connectivity index (χ3v) is 4.90. The van der Waals surface area contributed by atoms with Crippen LogP contribution >= 0.6 is 0 Å². The standard InChI is InChI=1S/C24H25N5O2/c1-24(2,3)23(30)31-22-18(13-26-28-22)17-10-11-19-20(12-17)25-14-21(27-19)29(4)15-16-8-6-5-7-9-16/h5-14H,15H2,1-4H3,(H,26,28). The van der Waals surface area contributed by atoms with Crippen LogP contribution < -0.4 is 9.64 Å². The van der Waals surface area contributed by atoms with Crippen molar-refractivity contribution in [3.8, 4) is 17.0 Å². The van der Waals surface area contributed by atoms with E-state index in [0.29, 0.717) is 5.56 Å². The first-order chi connectivity index (χ1) is 14.8. The van der Waals surface area contributed by atoms with E-state index in [-0.39, 0.29) is 11.8 Å². The van der Waals surface area contributed by atoms with Gasteiger partial charge in [-0.05, 0) is 44.0 Å². The number of carbonyl (C=O) groups excluding carboxylic acids is 1. The zero-order valence-corrected chi connectivity index (χ0v) is 18.1. The second-order valence-corrected chi connectivity index (χ2v) is 8.52. The molecule has 0 amide bonds. The molecule has 0 saturated carbocycles. The number of benzene rings is 2. The summed E-state index contributed by atoms with van der Waals surface area (Å²) in [6.07, 6.45) is 3.48. The van der Waals surface area contributed by atoms with E-state index in [1.54, 1.807) is 33.2 Å².